The highest BCUT2D eigenvalue weighted by Gasteiger charge is 2.31. The van der Waals surface area contributed by atoms with Gasteiger partial charge < -0.3 is 40.6 Å². The van der Waals surface area contributed by atoms with Gasteiger partial charge in [0, 0.05) is 19.4 Å². The molecule has 13 nitrogen and oxygen atoms in total. The Bertz CT molecular complexity index is 2220. The van der Waals surface area contributed by atoms with Crippen LogP contribution in [0.5, 0.6) is 5.75 Å². The van der Waals surface area contributed by atoms with Crippen molar-refractivity contribution in [2.75, 3.05) is 13.2 Å². The molecule has 0 aliphatic carbocycles. The van der Waals surface area contributed by atoms with Crippen LogP contribution in [0.3, 0.4) is 0 Å². The van der Waals surface area contributed by atoms with Gasteiger partial charge in [0.1, 0.15) is 43.7 Å². The van der Waals surface area contributed by atoms with Crippen molar-refractivity contribution >= 4 is 30.0 Å². The lowest BCUT2D eigenvalue weighted by molar-refractivity contribution is -0.142. The van der Waals surface area contributed by atoms with Crippen LogP contribution in [0.4, 0.5) is 9.59 Å². The minimum atomic E-state index is -1.34. The second kappa shape index (κ2) is 22.9. The van der Waals surface area contributed by atoms with Gasteiger partial charge in [-0.3, -0.25) is 9.59 Å². The van der Waals surface area contributed by atoms with Gasteiger partial charge in [0.05, 0.1) is 0 Å². The average molecular weight is 829 g/mol. The number of carboxylic acid groups (broad SMARTS) is 1. The van der Waals surface area contributed by atoms with E-state index in [-0.39, 0.29) is 52.0 Å². The zero-order valence-electron chi connectivity index (χ0n) is 34.4. The Balaban J connectivity index is 1.42. The van der Waals surface area contributed by atoms with Gasteiger partial charge in [0.15, 0.2) is 0 Å². The normalized spacial score (nSPS) is 16.8. The third-order valence-corrected chi connectivity index (χ3v) is 9.75. The lowest BCUT2D eigenvalue weighted by Crippen LogP contribution is -2.56. The molecular weight excluding hydrogens is 777 g/mol. The maximum atomic E-state index is 14.4. The first-order chi connectivity index (χ1) is 29.5. The molecule has 0 spiro atoms. The van der Waals surface area contributed by atoms with Crippen molar-refractivity contribution in [3.63, 3.8) is 0 Å². The fourth-order valence-corrected chi connectivity index (χ4v) is 6.43. The van der Waals surface area contributed by atoms with Crippen molar-refractivity contribution in [3.05, 3.63) is 161 Å². The van der Waals surface area contributed by atoms with Crippen LogP contribution < -0.4 is 26.0 Å². The summed E-state index contributed by atoms with van der Waals surface area (Å²) < 4.78 is 17.1. The number of rotatable bonds is 15. The molecule has 0 unspecified atom stereocenters. The highest BCUT2D eigenvalue weighted by atomic mass is 16.6. The number of hydrogen-bond acceptors (Lipinski definition) is 8. The summed E-state index contributed by atoms with van der Waals surface area (Å²) in [7, 11) is 0. The summed E-state index contributed by atoms with van der Waals surface area (Å²) in [6.07, 6.45) is 3.93. The molecule has 1 heterocycles. The van der Waals surface area contributed by atoms with E-state index in [1.54, 1.807) is 42.5 Å². The number of benzene rings is 4. The largest absolute Gasteiger partial charge is 0.489 e. The van der Waals surface area contributed by atoms with Crippen molar-refractivity contribution in [1.29, 1.82) is 0 Å². The standard InChI is InChI=1S/C48H52N4O9/c1-4-33(21-20-32(2)3)29-60-47(57)49-24-12-19-40-44(53)51-42(46(55)56)26-36-17-11-18-37(25-36)38-22-23-43(59-30-34-13-7-5-8-14-34)39(27-38)28-41(45(54)50-40)52-48(58)61-31-35-15-9-6-10-16-35/h4-11,13-18,20-23,25,27,40-42H,2,12,19,24,26,28-31H2,1,3H3,(H,49,57)(H,50,54)(H,51,53)(H,52,58)(H,55,56)/b21-20-,33-4+/t40-,41-,42-/m0/s1. The van der Waals surface area contributed by atoms with Crippen LogP contribution in [0.15, 0.2) is 139 Å². The number of carbonyl (C=O) groups excluding carboxylic acids is 4. The summed E-state index contributed by atoms with van der Waals surface area (Å²) in [5.74, 6) is -2.28. The second-order valence-corrected chi connectivity index (χ2v) is 14.6. The van der Waals surface area contributed by atoms with E-state index < -0.39 is 48.1 Å². The third kappa shape index (κ3) is 14.6. The Kier molecular flexibility index (Phi) is 16.8. The molecule has 4 aromatic carbocycles. The first kappa shape index (κ1) is 44.9. The molecule has 4 aromatic rings. The summed E-state index contributed by atoms with van der Waals surface area (Å²) in [5.41, 5.74) is 6.03. The van der Waals surface area contributed by atoms with E-state index in [0.29, 0.717) is 16.9 Å². The predicted octanol–water partition coefficient (Wildman–Crippen LogP) is 6.97. The molecule has 4 bridgehead atoms. The number of aliphatic carboxylic acids is 1. The molecule has 0 fully saturated rings. The van der Waals surface area contributed by atoms with Gasteiger partial charge in [-0.05, 0) is 77.8 Å². The fraction of sp³-hybridized carbons (Fsp3) is 0.271. The first-order valence-corrected chi connectivity index (χ1v) is 20.1. The van der Waals surface area contributed by atoms with E-state index in [4.69, 9.17) is 14.2 Å². The molecule has 1 aliphatic heterocycles. The maximum Gasteiger partial charge on any atom is 0.408 e. The number of amides is 4. The molecule has 0 radical (unpaired) electrons. The van der Waals surface area contributed by atoms with Crippen LogP contribution in [0.1, 0.15) is 48.9 Å². The maximum absolute atomic E-state index is 14.4. The van der Waals surface area contributed by atoms with Gasteiger partial charge in [-0.1, -0.05) is 121 Å². The smallest absolute Gasteiger partial charge is 0.408 e. The zero-order chi connectivity index (χ0) is 43.6. The van der Waals surface area contributed by atoms with E-state index in [1.165, 1.54) is 0 Å². The number of hydrogen-bond donors (Lipinski definition) is 5. The molecule has 318 valence electrons. The monoisotopic (exact) mass is 828 g/mol. The molecule has 1 aliphatic rings. The van der Waals surface area contributed by atoms with Crippen molar-refractivity contribution in [3.8, 4) is 16.9 Å². The molecule has 13 heteroatoms. The van der Waals surface area contributed by atoms with Crippen molar-refractivity contribution < 1.29 is 43.3 Å². The van der Waals surface area contributed by atoms with E-state index in [0.717, 1.165) is 33.4 Å². The molecule has 0 saturated heterocycles. The minimum absolute atomic E-state index is 0.00671. The van der Waals surface area contributed by atoms with Crippen molar-refractivity contribution in [2.45, 2.75) is 70.9 Å². The number of fused-ring (bicyclic) bond motifs is 5. The topological polar surface area (TPSA) is 181 Å². The van der Waals surface area contributed by atoms with Gasteiger partial charge in [0.25, 0.3) is 0 Å². The highest BCUT2D eigenvalue weighted by molar-refractivity contribution is 5.93. The summed E-state index contributed by atoms with van der Waals surface area (Å²) in [6, 6.07) is 27.6. The van der Waals surface area contributed by atoms with Crippen LogP contribution in [0, 0.1) is 0 Å². The van der Waals surface area contributed by atoms with E-state index in [1.807, 2.05) is 92.7 Å². The molecule has 4 amide bonds. The third-order valence-electron chi connectivity index (χ3n) is 9.75. The van der Waals surface area contributed by atoms with E-state index in [2.05, 4.69) is 27.8 Å². The molecule has 0 saturated carbocycles. The second-order valence-electron chi connectivity index (χ2n) is 14.6. The zero-order valence-corrected chi connectivity index (χ0v) is 34.4. The fourth-order valence-electron chi connectivity index (χ4n) is 6.43. The minimum Gasteiger partial charge on any atom is -0.489 e. The summed E-state index contributed by atoms with van der Waals surface area (Å²) >= 11 is 0. The summed E-state index contributed by atoms with van der Waals surface area (Å²) in [6.45, 7) is 7.76. The number of allylic oxidation sites excluding steroid dienone is 3. The Morgan fingerprint density at radius 1 is 0.803 bits per heavy atom. The number of alkyl carbamates (subject to hydrolysis) is 2. The molecule has 3 atom stereocenters. The molecule has 0 aromatic heterocycles. The molecule has 61 heavy (non-hydrogen) atoms. The molecule has 5 rings (SSSR count). The quantitative estimate of drug-likeness (QED) is 0.0625. The van der Waals surface area contributed by atoms with Gasteiger partial charge in [0.2, 0.25) is 11.8 Å². The van der Waals surface area contributed by atoms with Crippen LogP contribution >= 0.6 is 0 Å². The molecule has 5 N–H and O–H groups in total. The van der Waals surface area contributed by atoms with Gasteiger partial charge >= 0.3 is 18.2 Å². The Morgan fingerprint density at radius 2 is 1.51 bits per heavy atom. The Hall–Kier alpha value is -7.15. The van der Waals surface area contributed by atoms with E-state index in [9.17, 15) is 29.1 Å². The van der Waals surface area contributed by atoms with Crippen LogP contribution in [-0.2, 0) is 49.9 Å². The first-order valence-electron chi connectivity index (χ1n) is 20.1. The molecular formula is C48H52N4O9. The lowest BCUT2D eigenvalue weighted by Gasteiger charge is -2.25. The van der Waals surface area contributed by atoms with Crippen molar-refractivity contribution in [2.24, 2.45) is 0 Å². The van der Waals surface area contributed by atoms with E-state index >= 15 is 0 Å². The predicted molar refractivity (Wildman–Crippen MR) is 231 cm³/mol. The van der Waals surface area contributed by atoms with Gasteiger partial charge in [-0.25, -0.2) is 14.4 Å². The van der Waals surface area contributed by atoms with Crippen LogP contribution in [0.25, 0.3) is 11.1 Å². The van der Waals surface area contributed by atoms with Gasteiger partial charge in [-0.15, -0.1) is 0 Å². The lowest BCUT2D eigenvalue weighted by atomic mass is 9.96. The van der Waals surface area contributed by atoms with Crippen LogP contribution in [0.2, 0.25) is 0 Å². The Morgan fingerprint density at radius 3 is 2.20 bits per heavy atom. The Labute approximate surface area is 355 Å². The number of carbonyl (C=O) groups is 5. The summed E-state index contributed by atoms with van der Waals surface area (Å²) in [4.78, 5) is 66.7. The van der Waals surface area contributed by atoms with Gasteiger partial charge in [-0.2, -0.15) is 0 Å². The number of carboxylic acids is 1. The summed E-state index contributed by atoms with van der Waals surface area (Å²) in [5, 5.41) is 20.9. The van der Waals surface area contributed by atoms with Crippen molar-refractivity contribution in [1.82, 2.24) is 21.3 Å². The number of nitrogens with one attached hydrogen (secondary N) is 4. The van der Waals surface area contributed by atoms with Crippen LogP contribution in [-0.4, -0.2) is 66.4 Å². The SMILES string of the molecule is C=C(C)/C=C\C(=C/C)COC(=O)NCCC[C@@H]1NC(=O)[C@@H](NC(=O)OCc2ccccc2)Cc2cc(ccc2OCc2ccccc2)-c2cccc(c2)C[C@@H](C(=O)O)NC1=O. The average Bonchev–Trinajstić information content (AvgIpc) is 3.26. The highest BCUT2D eigenvalue weighted by Crippen LogP contribution is 2.30. The number of ether oxygens (including phenoxy) is 3.